The van der Waals surface area contributed by atoms with Gasteiger partial charge in [-0.3, -0.25) is 4.79 Å². The first-order chi connectivity index (χ1) is 13.2. The Morgan fingerprint density at radius 2 is 1.48 bits per heavy atom. The van der Waals surface area contributed by atoms with Crippen LogP contribution in [-0.4, -0.2) is 19.6 Å². The maximum atomic E-state index is 12.5. The summed E-state index contributed by atoms with van der Waals surface area (Å²) in [6.07, 6.45) is 0. The number of hydrogen-bond acceptors (Lipinski definition) is 3. The number of rotatable bonds is 7. The number of hydrogen-bond donors (Lipinski definition) is 1. The van der Waals surface area contributed by atoms with Crippen LogP contribution in [0.25, 0.3) is 0 Å². The minimum atomic E-state index is -0.266. The van der Waals surface area contributed by atoms with E-state index in [4.69, 9.17) is 9.47 Å². The average Bonchev–Trinajstić information content (AvgIpc) is 2.72. The number of amides is 1. The summed E-state index contributed by atoms with van der Waals surface area (Å²) in [6, 6.07) is 24.6. The van der Waals surface area contributed by atoms with E-state index < -0.39 is 0 Å². The van der Waals surface area contributed by atoms with Crippen molar-refractivity contribution in [1.82, 2.24) is 5.32 Å². The molecule has 0 spiro atoms. The van der Waals surface area contributed by atoms with Crippen molar-refractivity contribution in [2.45, 2.75) is 6.04 Å². The second kappa shape index (κ2) is 9.24. The van der Waals surface area contributed by atoms with Crippen LogP contribution in [0.2, 0.25) is 0 Å². The van der Waals surface area contributed by atoms with Gasteiger partial charge in [-0.2, -0.15) is 0 Å². The van der Waals surface area contributed by atoms with Gasteiger partial charge in [-0.15, -0.1) is 0 Å². The van der Waals surface area contributed by atoms with E-state index >= 15 is 0 Å². The largest absolute Gasteiger partial charge is 0.497 e. The molecular formula is C22H20BrNO3. The maximum Gasteiger partial charge on any atom is 0.258 e. The molecule has 4 nitrogen and oxygen atoms in total. The van der Waals surface area contributed by atoms with Gasteiger partial charge in [0.1, 0.15) is 11.5 Å². The molecule has 3 rings (SSSR count). The summed E-state index contributed by atoms with van der Waals surface area (Å²) in [5.74, 6) is 1.23. The molecular weight excluding hydrogens is 406 g/mol. The van der Waals surface area contributed by atoms with Crippen molar-refractivity contribution in [3.63, 3.8) is 0 Å². The summed E-state index contributed by atoms with van der Waals surface area (Å²) in [6.45, 7) is -0.0544. The van der Waals surface area contributed by atoms with Crippen molar-refractivity contribution in [2.75, 3.05) is 13.7 Å². The summed E-state index contributed by atoms with van der Waals surface area (Å²) in [5.41, 5.74) is 1.97. The van der Waals surface area contributed by atoms with Crippen molar-refractivity contribution < 1.29 is 14.3 Å². The smallest absolute Gasteiger partial charge is 0.258 e. The molecule has 1 amide bonds. The van der Waals surface area contributed by atoms with Gasteiger partial charge in [-0.25, -0.2) is 0 Å². The number of halogens is 1. The molecule has 27 heavy (non-hydrogen) atoms. The number of ether oxygens (including phenoxy) is 2. The van der Waals surface area contributed by atoms with Crippen LogP contribution < -0.4 is 14.8 Å². The first kappa shape index (κ1) is 19.0. The molecule has 0 saturated heterocycles. The molecule has 138 valence electrons. The first-order valence-electron chi connectivity index (χ1n) is 8.52. The van der Waals surface area contributed by atoms with Gasteiger partial charge in [0.15, 0.2) is 6.61 Å². The summed E-state index contributed by atoms with van der Waals surface area (Å²) >= 11 is 3.38. The SMILES string of the molecule is COc1ccc(C(NC(=O)COc2ccc(Br)cc2)c2ccccc2)cc1. The monoisotopic (exact) mass is 425 g/mol. The predicted octanol–water partition coefficient (Wildman–Crippen LogP) is 4.74. The minimum Gasteiger partial charge on any atom is -0.497 e. The number of carbonyl (C=O) groups is 1. The van der Waals surface area contributed by atoms with Crippen LogP contribution >= 0.6 is 15.9 Å². The number of carbonyl (C=O) groups excluding carboxylic acids is 1. The molecule has 0 radical (unpaired) electrons. The molecule has 0 aliphatic carbocycles. The van der Waals surface area contributed by atoms with Crippen molar-refractivity contribution in [1.29, 1.82) is 0 Å². The molecule has 1 atom stereocenters. The fraction of sp³-hybridized carbons (Fsp3) is 0.136. The normalized spacial score (nSPS) is 11.5. The van der Waals surface area contributed by atoms with E-state index in [1.807, 2.05) is 78.9 Å². The summed E-state index contributed by atoms with van der Waals surface area (Å²) in [4.78, 5) is 12.5. The van der Waals surface area contributed by atoms with Crippen molar-refractivity contribution in [3.8, 4) is 11.5 Å². The van der Waals surface area contributed by atoms with Gasteiger partial charge in [-0.05, 0) is 47.5 Å². The molecule has 0 aliphatic rings. The molecule has 0 aliphatic heterocycles. The van der Waals surface area contributed by atoms with Gasteiger partial charge in [0.05, 0.1) is 13.2 Å². The fourth-order valence-corrected chi connectivity index (χ4v) is 2.95. The molecule has 0 heterocycles. The van der Waals surface area contributed by atoms with Gasteiger partial charge in [0.2, 0.25) is 0 Å². The lowest BCUT2D eigenvalue weighted by atomic mass is 9.98. The van der Waals surface area contributed by atoms with Crippen molar-refractivity contribution >= 4 is 21.8 Å². The second-order valence-electron chi connectivity index (χ2n) is 5.93. The van der Waals surface area contributed by atoms with Crippen LogP contribution in [0.4, 0.5) is 0 Å². The Morgan fingerprint density at radius 1 is 0.889 bits per heavy atom. The molecule has 1 unspecified atom stereocenters. The number of methoxy groups -OCH3 is 1. The van der Waals surface area contributed by atoms with Crippen molar-refractivity contribution in [2.24, 2.45) is 0 Å². The number of benzene rings is 3. The lowest BCUT2D eigenvalue weighted by Gasteiger charge is -2.20. The Kier molecular flexibility index (Phi) is 6.49. The van der Waals surface area contributed by atoms with E-state index in [-0.39, 0.29) is 18.6 Å². The molecule has 0 aromatic heterocycles. The topological polar surface area (TPSA) is 47.6 Å². The predicted molar refractivity (Wildman–Crippen MR) is 109 cm³/mol. The molecule has 3 aromatic rings. The molecule has 3 aromatic carbocycles. The van der Waals surface area contributed by atoms with Gasteiger partial charge < -0.3 is 14.8 Å². The van der Waals surface area contributed by atoms with E-state index in [0.717, 1.165) is 21.3 Å². The molecule has 5 heteroatoms. The Hall–Kier alpha value is -2.79. The first-order valence-corrected chi connectivity index (χ1v) is 9.31. The van der Waals surface area contributed by atoms with Crippen LogP contribution in [0.3, 0.4) is 0 Å². The highest BCUT2D eigenvalue weighted by Gasteiger charge is 2.17. The standard InChI is InChI=1S/C22H20BrNO3/c1-26-19-11-7-17(8-12-19)22(16-5-3-2-4-6-16)24-21(25)15-27-20-13-9-18(23)10-14-20/h2-14,22H,15H2,1H3,(H,24,25). The molecule has 0 saturated carbocycles. The van der Waals surface area contributed by atoms with Gasteiger partial charge in [0.25, 0.3) is 5.91 Å². The highest BCUT2D eigenvalue weighted by Crippen LogP contribution is 2.24. The Morgan fingerprint density at radius 3 is 2.11 bits per heavy atom. The van der Waals surface area contributed by atoms with E-state index in [0.29, 0.717) is 5.75 Å². The van der Waals surface area contributed by atoms with E-state index in [9.17, 15) is 4.79 Å². The minimum absolute atomic E-state index is 0.0544. The Bertz CT molecular complexity index is 864. The quantitative estimate of drug-likeness (QED) is 0.594. The molecule has 0 bridgehead atoms. The third-order valence-corrected chi connectivity index (χ3v) is 4.60. The second-order valence-corrected chi connectivity index (χ2v) is 6.84. The van der Waals surface area contributed by atoms with Crippen LogP contribution in [0.15, 0.2) is 83.3 Å². The van der Waals surface area contributed by atoms with E-state index in [2.05, 4.69) is 21.2 Å². The van der Waals surface area contributed by atoms with E-state index in [1.54, 1.807) is 7.11 Å². The third kappa shape index (κ3) is 5.34. The van der Waals surface area contributed by atoms with Crippen LogP contribution in [0.1, 0.15) is 17.2 Å². The average molecular weight is 426 g/mol. The third-order valence-electron chi connectivity index (χ3n) is 4.07. The zero-order valence-electron chi connectivity index (χ0n) is 14.9. The van der Waals surface area contributed by atoms with Crippen molar-refractivity contribution in [3.05, 3.63) is 94.5 Å². The fourth-order valence-electron chi connectivity index (χ4n) is 2.68. The summed E-state index contributed by atoms with van der Waals surface area (Å²) in [7, 11) is 1.63. The summed E-state index contributed by atoms with van der Waals surface area (Å²) in [5, 5.41) is 3.05. The maximum absolute atomic E-state index is 12.5. The van der Waals surface area contributed by atoms with Crippen LogP contribution in [0, 0.1) is 0 Å². The highest BCUT2D eigenvalue weighted by molar-refractivity contribution is 9.10. The summed E-state index contributed by atoms with van der Waals surface area (Å²) < 4.78 is 11.8. The zero-order valence-corrected chi connectivity index (χ0v) is 16.5. The van der Waals surface area contributed by atoms with Gasteiger partial charge >= 0.3 is 0 Å². The Labute approximate surface area is 167 Å². The van der Waals surface area contributed by atoms with Crippen LogP contribution in [0.5, 0.6) is 11.5 Å². The Balaban J connectivity index is 1.72. The van der Waals surface area contributed by atoms with Gasteiger partial charge in [0, 0.05) is 4.47 Å². The van der Waals surface area contributed by atoms with Crippen LogP contribution in [-0.2, 0) is 4.79 Å². The lowest BCUT2D eigenvalue weighted by molar-refractivity contribution is -0.123. The van der Waals surface area contributed by atoms with E-state index in [1.165, 1.54) is 0 Å². The highest BCUT2D eigenvalue weighted by atomic mass is 79.9. The molecule has 0 fully saturated rings. The zero-order chi connectivity index (χ0) is 19.1. The molecule has 1 N–H and O–H groups in total. The lowest BCUT2D eigenvalue weighted by Crippen LogP contribution is -2.33. The van der Waals surface area contributed by atoms with Gasteiger partial charge in [-0.1, -0.05) is 58.4 Å². The number of nitrogens with one attached hydrogen (secondary N) is 1.